The lowest BCUT2D eigenvalue weighted by Crippen LogP contribution is -2.16. The molecule has 0 atom stereocenters. The van der Waals surface area contributed by atoms with Gasteiger partial charge >= 0.3 is 0 Å². The summed E-state index contributed by atoms with van der Waals surface area (Å²) < 4.78 is 0. The number of nitrogens with zero attached hydrogens (tertiary/aromatic N) is 4. The van der Waals surface area contributed by atoms with Crippen molar-refractivity contribution in [1.29, 1.82) is 10.5 Å². The molecule has 2 aliphatic carbocycles. The summed E-state index contributed by atoms with van der Waals surface area (Å²) in [5.41, 5.74) is 26.6. The van der Waals surface area contributed by atoms with Crippen LogP contribution in [-0.2, 0) is 10.8 Å². The van der Waals surface area contributed by atoms with Crippen LogP contribution in [0.2, 0.25) is 0 Å². The van der Waals surface area contributed by atoms with Gasteiger partial charge in [-0.15, -0.1) is 0 Å². The van der Waals surface area contributed by atoms with Crippen LogP contribution < -0.4 is 9.80 Å². The lowest BCUT2D eigenvalue weighted by molar-refractivity contribution is 0.660. The number of nitriles is 2. The summed E-state index contributed by atoms with van der Waals surface area (Å²) in [5, 5.41) is 19.2. The number of benzene rings is 11. The molecule has 0 fully saturated rings. The van der Waals surface area contributed by atoms with Crippen molar-refractivity contribution in [3.63, 3.8) is 0 Å². The third kappa shape index (κ3) is 9.47. The molecule has 0 amide bonds. The summed E-state index contributed by atoms with van der Waals surface area (Å²) in [6.45, 7) is 9.34. The normalized spacial score (nSPS) is 13.2. The fraction of sp³-hybridized carbons (Fsp3) is 0.0769. The molecule has 13 rings (SSSR count). The first kappa shape index (κ1) is 51.0. The van der Waals surface area contributed by atoms with Crippen LogP contribution in [0.1, 0.15) is 83.3 Å². The molecule has 11 aromatic carbocycles. The molecule has 0 heterocycles. The second-order valence-electron chi connectivity index (χ2n) is 22.5. The molecule has 0 bridgehead atoms. The number of fused-ring (bicyclic) bond motifs is 6. The highest BCUT2D eigenvalue weighted by Crippen LogP contribution is 2.53. The first-order chi connectivity index (χ1) is 40.0. The molecule has 0 radical (unpaired) electrons. The fourth-order valence-corrected chi connectivity index (χ4v) is 12.2. The van der Waals surface area contributed by atoms with E-state index >= 15 is 0 Å². The SMILES string of the molecule is CC1(C)c2cc(/C=C/c3ccc(/C=C/c4ccc5c(c4)C(C)(C)c4cc(N(c6ccc(C#N)cc6)c6ccc(-c7ccccc7)cc6)ccc4-5)cc3)ccc2-c2ccc(N(c3ccc(C#N)cc3)c3ccc(-c4ccccc4)cc3)cc21. The van der Waals surface area contributed by atoms with Crippen molar-refractivity contribution in [2.75, 3.05) is 9.80 Å². The van der Waals surface area contributed by atoms with E-state index in [0.717, 1.165) is 67.5 Å². The molecule has 390 valence electrons. The Morgan fingerprint density at radius 2 is 0.549 bits per heavy atom. The van der Waals surface area contributed by atoms with E-state index in [1.54, 1.807) is 0 Å². The van der Waals surface area contributed by atoms with Gasteiger partial charge in [0.15, 0.2) is 0 Å². The van der Waals surface area contributed by atoms with Crippen molar-refractivity contribution in [2.45, 2.75) is 38.5 Å². The van der Waals surface area contributed by atoms with Crippen molar-refractivity contribution in [3.8, 4) is 56.6 Å². The van der Waals surface area contributed by atoms with E-state index in [9.17, 15) is 10.5 Å². The van der Waals surface area contributed by atoms with Crippen molar-refractivity contribution in [3.05, 3.63) is 310 Å². The van der Waals surface area contributed by atoms with Crippen LogP contribution in [0.3, 0.4) is 0 Å². The molecule has 0 saturated heterocycles. The van der Waals surface area contributed by atoms with E-state index in [1.807, 2.05) is 60.7 Å². The molecule has 0 aliphatic heterocycles. The zero-order valence-corrected chi connectivity index (χ0v) is 46.3. The van der Waals surface area contributed by atoms with Crippen LogP contribution in [-0.4, -0.2) is 0 Å². The number of hydrogen-bond donors (Lipinski definition) is 0. The van der Waals surface area contributed by atoms with Gasteiger partial charge in [-0.2, -0.15) is 10.5 Å². The minimum atomic E-state index is -0.235. The van der Waals surface area contributed by atoms with E-state index in [2.05, 4.69) is 268 Å². The van der Waals surface area contributed by atoms with Gasteiger partial charge in [-0.05, 0) is 186 Å². The first-order valence-electron chi connectivity index (χ1n) is 28.0. The van der Waals surface area contributed by atoms with E-state index in [0.29, 0.717) is 11.1 Å². The minimum Gasteiger partial charge on any atom is -0.310 e. The zero-order valence-electron chi connectivity index (χ0n) is 46.3. The van der Waals surface area contributed by atoms with Crippen molar-refractivity contribution >= 4 is 58.4 Å². The highest BCUT2D eigenvalue weighted by Gasteiger charge is 2.38. The van der Waals surface area contributed by atoms with Crippen LogP contribution in [0.15, 0.2) is 255 Å². The summed E-state index contributed by atoms with van der Waals surface area (Å²) >= 11 is 0. The van der Waals surface area contributed by atoms with Crippen molar-refractivity contribution in [1.82, 2.24) is 0 Å². The monoisotopic (exact) mass is 1050 g/mol. The molecule has 2 aliphatic rings. The van der Waals surface area contributed by atoms with E-state index in [-0.39, 0.29) is 10.8 Å². The van der Waals surface area contributed by atoms with Crippen LogP contribution >= 0.6 is 0 Å². The zero-order chi connectivity index (χ0) is 56.0. The molecule has 4 heteroatoms. The minimum absolute atomic E-state index is 0.235. The lowest BCUT2D eigenvalue weighted by atomic mass is 9.81. The summed E-state index contributed by atoms with van der Waals surface area (Å²) in [4.78, 5) is 4.57. The van der Waals surface area contributed by atoms with Gasteiger partial charge in [0, 0.05) is 45.0 Å². The Hall–Kier alpha value is -10.5. The van der Waals surface area contributed by atoms with Gasteiger partial charge in [0.25, 0.3) is 0 Å². The fourth-order valence-electron chi connectivity index (χ4n) is 12.2. The number of hydrogen-bond acceptors (Lipinski definition) is 4. The third-order valence-electron chi connectivity index (χ3n) is 16.7. The second-order valence-corrected chi connectivity index (χ2v) is 22.5. The van der Waals surface area contributed by atoms with Crippen molar-refractivity contribution < 1.29 is 0 Å². The van der Waals surface area contributed by atoms with Crippen LogP contribution in [0.5, 0.6) is 0 Å². The van der Waals surface area contributed by atoms with Gasteiger partial charge in [0.2, 0.25) is 0 Å². The van der Waals surface area contributed by atoms with E-state index in [4.69, 9.17) is 0 Å². The molecule has 4 nitrogen and oxygen atoms in total. The maximum Gasteiger partial charge on any atom is 0.0991 e. The Balaban J connectivity index is 0.711. The Bertz CT molecular complexity index is 4060. The summed E-state index contributed by atoms with van der Waals surface area (Å²) in [7, 11) is 0. The molecular formula is C78H58N4. The Morgan fingerprint density at radius 3 is 0.890 bits per heavy atom. The van der Waals surface area contributed by atoms with Gasteiger partial charge in [0.1, 0.15) is 0 Å². The highest BCUT2D eigenvalue weighted by molar-refractivity contribution is 5.89. The third-order valence-corrected chi connectivity index (χ3v) is 16.7. The maximum absolute atomic E-state index is 9.61. The van der Waals surface area contributed by atoms with E-state index < -0.39 is 0 Å². The number of anilines is 6. The molecule has 11 aromatic rings. The molecule has 82 heavy (non-hydrogen) atoms. The van der Waals surface area contributed by atoms with Gasteiger partial charge in [-0.1, -0.05) is 210 Å². The van der Waals surface area contributed by atoms with Gasteiger partial charge in [-0.3, -0.25) is 0 Å². The van der Waals surface area contributed by atoms with E-state index in [1.165, 1.54) is 55.6 Å². The molecule has 0 aromatic heterocycles. The topological polar surface area (TPSA) is 54.1 Å². The van der Waals surface area contributed by atoms with Gasteiger partial charge < -0.3 is 9.80 Å². The lowest BCUT2D eigenvalue weighted by Gasteiger charge is -2.28. The molecule has 0 spiro atoms. The van der Waals surface area contributed by atoms with Crippen LogP contribution in [0.4, 0.5) is 34.1 Å². The van der Waals surface area contributed by atoms with Crippen LogP contribution in [0, 0.1) is 22.7 Å². The molecule has 0 saturated carbocycles. The summed E-state index contributed by atoms with van der Waals surface area (Å²) in [5.74, 6) is 0. The predicted octanol–water partition coefficient (Wildman–Crippen LogP) is 20.7. The largest absolute Gasteiger partial charge is 0.310 e. The van der Waals surface area contributed by atoms with Crippen LogP contribution in [0.25, 0.3) is 68.8 Å². The van der Waals surface area contributed by atoms with Gasteiger partial charge in [-0.25, -0.2) is 0 Å². The average molecular weight is 1050 g/mol. The Morgan fingerprint density at radius 1 is 0.280 bits per heavy atom. The standard InChI is InChI=1S/C78H58N4/c1-77(2)73-47-55(27-43-69(73)71-45-41-67(49-75(71)77)81(63-33-23-57(51-79)24-34-63)65-37-29-61(30-38-65)59-11-7-5-8-12-59)21-19-53-15-17-54(18-16-53)20-22-56-28-44-70-72-46-42-68(50-76(72)78(3,4)74(70)48-56)82(64-35-25-58(52-80)26-36-64)66-39-31-62(32-40-66)60-13-9-6-10-14-60/h5-50H,1-4H3/b21-19+,22-20+. The quantitative estimate of drug-likeness (QED) is 0.114. The number of rotatable bonds is 12. The molecule has 0 N–H and O–H groups in total. The van der Waals surface area contributed by atoms with Gasteiger partial charge in [0.05, 0.1) is 23.3 Å². The summed E-state index contributed by atoms with van der Waals surface area (Å²) in [6.07, 6.45) is 8.86. The Kier molecular flexibility index (Phi) is 13.0. The molecule has 0 unspecified atom stereocenters. The van der Waals surface area contributed by atoms with Crippen molar-refractivity contribution in [2.24, 2.45) is 0 Å². The summed E-state index contributed by atoms with van der Waals surface area (Å²) in [6, 6.07) is 94.9. The maximum atomic E-state index is 9.61. The first-order valence-corrected chi connectivity index (χ1v) is 28.0. The average Bonchev–Trinajstić information content (AvgIpc) is 4.10. The highest BCUT2D eigenvalue weighted by atomic mass is 15.1. The smallest absolute Gasteiger partial charge is 0.0991 e. The Labute approximate surface area is 481 Å². The second kappa shape index (κ2) is 20.9. The predicted molar refractivity (Wildman–Crippen MR) is 342 cm³/mol. The molecular weight excluding hydrogens is 993 g/mol.